The van der Waals surface area contributed by atoms with Crippen molar-refractivity contribution < 1.29 is 0 Å². The molecular formula is C31H31N3. The van der Waals surface area contributed by atoms with Gasteiger partial charge in [-0.15, -0.1) is 0 Å². The second kappa shape index (κ2) is 8.49. The summed E-state index contributed by atoms with van der Waals surface area (Å²) in [4.78, 5) is 0. The summed E-state index contributed by atoms with van der Waals surface area (Å²) >= 11 is 0. The summed E-state index contributed by atoms with van der Waals surface area (Å²) in [5.41, 5.74) is 13.2. The van der Waals surface area contributed by atoms with Gasteiger partial charge in [0.25, 0.3) is 0 Å². The molecule has 3 heteroatoms. The molecule has 5 rings (SSSR count). The van der Waals surface area contributed by atoms with Crippen LogP contribution in [-0.2, 0) is 13.5 Å². The summed E-state index contributed by atoms with van der Waals surface area (Å²) < 4.78 is 1.95. The van der Waals surface area contributed by atoms with Gasteiger partial charge in [-0.05, 0) is 84.4 Å². The molecule has 0 bridgehead atoms. The number of fused-ring (bicyclic) bond motifs is 2. The van der Waals surface area contributed by atoms with E-state index in [4.69, 9.17) is 0 Å². The monoisotopic (exact) mass is 445 g/mol. The van der Waals surface area contributed by atoms with Crippen molar-refractivity contribution in [2.24, 2.45) is 7.05 Å². The molecule has 1 aromatic heterocycles. The number of rotatable bonds is 5. The highest BCUT2D eigenvalue weighted by Crippen LogP contribution is 2.39. The van der Waals surface area contributed by atoms with Gasteiger partial charge in [0, 0.05) is 24.2 Å². The summed E-state index contributed by atoms with van der Waals surface area (Å²) in [6.45, 7) is 14.9. The third-order valence-electron chi connectivity index (χ3n) is 6.92. The zero-order chi connectivity index (χ0) is 24.0. The fraction of sp³-hybridized carbons (Fsp3) is 0.194. The van der Waals surface area contributed by atoms with Crippen molar-refractivity contribution in [2.75, 3.05) is 5.32 Å². The Kier molecular flexibility index (Phi) is 5.49. The topological polar surface area (TPSA) is 29.9 Å². The Bertz CT molecular complexity index is 1480. The molecule has 170 valence electrons. The number of aryl methyl sites for hydroxylation is 3. The number of hydrogen-bond acceptors (Lipinski definition) is 2. The van der Waals surface area contributed by atoms with Crippen LogP contribution in [0.25, 0.3) is 28.1 Å². The summed E-state index contributed by atoms with van der Waals surface area (Å²) in [6.07, 6.45) is 5.04. The molecule has 1 aliphatic rings. The number of para-hydroxylation sites is 1. The van der Waals surface area contributed by atoms with Gasteiger partial charge in [0.05, 0.1) is 11.2 Å². The highest BCUT2D eigenvalue weighted by atomic mass is 15.3. The first-order valence-corrected chi connectivity index (χ1v) is 11.8. The standard InChI is InChI=1S/C31H31N3/c1-7-23-10-8-9-11-30(23)32-21(4)27-15-19(2)14-26-20(3)16-25(18-29(26)27)24-12-13-31-28(17-24)22(5)33-34(31)6/h7-17,21,32H,1,3,18H2,2,4-6H3. The summed E-state index contributed by atoms with van der Waals surface area (Å²) in [5, 5.41) is 9.53. The first-order chi connectivity index (χ1) is 16.4. The molecule has 0 amide bonds. The quantitative estimate of drug-likeness (QED) is 0.342. The largest absolute Gasteiger partial charge is 0.378 e. The van der Waals surface area contributed by atoms with Gasteiger partial charge in [-0.25, -0.2) is 0 Å². The van der Waals surface area contributed by atoms with E-state index in [-0.39, 0.29) is 6.04 Å². The van der Waals surface area contributed by atoms with Crippen LogP contribution in [0, 0.1) is 13.8 Å². The van der Waals surface area contributed by atoms with Crippen molar-refractivity contribution in [3.05, 3.63) is 113 Å². The minimum atomic E-state index is 0.143. The van der Waals surface area contributed by atoms with Crippen LogP contribution < -0.4 is 5.32 Å². The Morgan fingerprint density at radius 1 is 1.09 bits per heavy atom. The normalized spacial score (nSPS) is 14.0. The zero-order valence-electron chi connectivity index (χ0n) is 20.4. The van der Waals surface area contributed by atoms with Crippen LogP contribution in [-0.4, -0.2) is 9.78 Å². The lowest BCUT2D eigenvalue weighted by Crippen LogP contribution is -2.14. The van der Waals surface area contributed by atoms with Crippen molar-refractivity contribution in [3.8, 4) is 0 Å². The SMILES string of the molecule is C=Cc1ccccc1NC(C)c1cc(C)cc2c1CC(c1ccc3c(c1)c(C)nn3C)=CC2=C. The molecule has 1 aliphatic carbocycles. The van der Waals surface area contributed by atoms with Crippen LogP contribution >= 0.6 is 0 Å². The number of allylic oxidation sites excluding steroid dienone is 3. The van der Waals surface area contributed by atoms with Gasteiger partial charge in [-0.1, -0.05) is 67.3 Å². The molecule has 0 spiro atoms. The molecule has 4 aromatic rings. The number of anilines is 1. The van der Waals surface area contributed by atoms with E-state index in [1.165, 1.54) is 38.8 Å². The lowest BCUT2D eigenvalue weighted by molar-refractivity contribution is 0.783. The van der Waals surface area contributed by atoms with Crippen molar-refractivity contribution in [1.82, 2.24) is 9.78 Å². The maximum atomic E-state index is 4.59. The van der Waals surface area contributed by atoms with Gasteiger partial charge in [-0.3, -0.25) is 4.68 Å². The maximum Gasteiger partial charge on any atom is 0.0682 e. The van der Waals surface area contributed by atoms with Crippen LogP contribution in [0.2, 0.25) is 0 Å². The molecule has 0 saturated carbocycles. The molecule has 1 N–H and O–H groups in total. The Morgan fingerprint density at radius 3 is 2.68 bits per heavy atom. The second-order valence-corrected chi connectivity index (χ2v) is 9.35. The molecular weight excluding hydrogens is 414 g/mol. The first kappa shape index (κ1) is 22.0. The molecule has 0 fully saturated rings. The molecule has 1 unspecified atom stereocenters. The van der Waals surface area contributed by atoms with Gasteiger partial charge >= 0.3 is 0 Å². The smallest absolute Gasteiger partial charge is 0.0682 e. The van der Waals surface area contributed by atoms with Crippen molar-refractivity contribution in [2.45, 2.75) is 33.2 Å². The number of benzene rings is 3. The molecule has 1 atom stereocenters. The third kappa shape index (κ3) is 3.77. The number of nitrogens with zero attached hydrogens (tertiary/aromatic N) is 2. The van der Waals surface area contributed by atoms with Crippen LogP contribution in [0.5, 0.6) is 0 Å². The lowest BCUT2D eigenvalue weighted by Gasteiger charge is -2.27. The van der Waals surface area contributed by atoms with Crippen LogP contribution in [0.3, 0.4) is 0 Å². The fourth-order valence-electron chi connectivity index (χ4n) is 5.19. The van der Waals surface area contributed by atoms with Crippen molar-refractivity contribution >= 4 is 33.8 Å². The maximum absolute atomic E-state index is 4.59. The lowest BCUT2D eigenvalue weighted by atomic mass is 9.81. The van der Waals surface area contributed by atoms with Crippen LogP contribution in [0.4, 0.5) is 5.69 Å². The Hall–Kier alpha value is -3.85. The van der Waals surface area contributed by atoms with E-state index in [0.717, 1.165) is 34.5 Å². The number of nitrogens with one attached hydrogen (secondary N) is 1. The highest BCUT2D eigenvalue weighted by Gasteiger charge is 2.22. The molecule has 3 nitrogen and oxygen atoms in total. The van der Waals surface area contributed by atoms with Gasteiger partial charge in [0.1, 0.15) is 0 Å². The van der Waals surface area contributed by atoms with Crippen molar-refractivity contribution in [3.63, 3.8) is 0 Å². The molecule has 34 heavy (non-hydrogen) atoms. The van der Waals surface area contributed by atoms with Gasteiger partial charge in [0.15, 0.2) is 0 Å². The van der Waals surface area contributed by atoms with Gasteiger partial charge in [0.2, 0.25) is 0 Å². The van der Waals surface area contributed by atoms with Gasteiger partial charge in [-0.2, -0.15) is 5.10 Å². The fourth-order valence-corrected chi connectivity index (χ4v) is 5.19. The molecule has 0 radical (unpaired) electrons. The van der Waals surface area contributed by atoms with E-state index < -0.39 is 0 Å². The molecule has 1 heterocycles. The summed E-state index contributed by atoms with van der Waals surface area (Å²) in [5.74, 6) is 0. The Labute approximate surface area is 202 Å². The van der Waals surface area contributed by atoms with E-state index in [1.54, 1.807) is 0 Å². The van der Waals surface area contributed by atoms with E-state index in [2.05, 4.69) is 99.0 Å². The Balaban J connectivity index is 1.55. The highest BCUT2D eigenvalue weighted by molar-refractivity contribution is 5.93. The number of hydrogen-bond donors (Lipinski definition) is 1. The third-order valence-corrected chi connectivity index (χ3v) is 6.92. The van der Waals surface area contributed by atoms with Crippen molar-refractivity contribution in [1.29, 1.82) is 0 Å². The molecule has 0 aliphatic heterocycles. The Morgan fingerprint density at radius 2 is 1.88 bits per heavy atom. The minimum Gasteiger partial charge on any atom is -0.378 e. The predicted octanol–water partition coefficient (Wildman–Crippen LogP) is 7.66. The van der Waals surface area contributed by atoms with Crippen LogP contribution in [0.1, 0.15) is 52.0 Å². The van der Waals surface area contributed by atoms with E-state index >= 15 is 0 Å². The minimum absolute atomic E-state index is 0.143. The number of aromatic nitrogens is 2. The van der Waals surface area contributed by atoms with E-state index in [1.807, 2.05) is 23.9 Å². The summed E-state index contributed by atoms with van der Waals surface area (Å²) in [7, 11) is 2.00. The molecule has 3 aromatic carbocycles. The van der Waals surface area contributed by atoms with E-state index in [0.29, 0.717) is 0 Å². The predicted molar refractivity (Wildman–Crippen MR) is 146 cm³/mol. The zero-order valence-corrected chi connectivity index (χ0v) is 20.4. The average Bonchev–Trinajstić information content (AvgIpc) is 3.12. The molecule has 0 saturated heterocycles. The summed E-state index contributed by atoms with van der Waals surface area (Å²) in [6, 6.07) is 19.7. The first-order valence-electron chi connectivity index (χ1n) is 11.8. The van der Waals surface area contributed by atoms with Crippen LogP contribution in [0.15, 0.2) is 73.8 Å². The average molecular weight is 446 g/mol. The van der Waals surface area contributed by atoms with Gasteiger partial charge < -0.3 is 5.32 Å². The van der Waals surface area contributed by atoms with E-state index in [9.17, 15) is 0 Å². The second-order valence-electron chi connectivity index (χ2n) is 9.35.